The zero-order valence-corrected chi connectivity index (χ0v) is 21.0. The van der Waals surface area contributed by atoms with Gasteiger partial charge in [0.15, 0.2) is 10.7 Å². The van der Waals surface area contributed by atoms with Crippen LogP contribution in [0.2, 0.25) is 0 Å². The highest BCUT2D eigenvalue weighted by Gasteiger charge is 2.27. The van der Waals surface area contributed by atoms with E-state index in [4.69, 9.17) is 16.6 Å². The molecule has 0 spiro atoms. The molecule has 1 fully saturated rings. The average Bonchev–Trinajstić information content (AvgIpc) is 3.20. The summed E-state index contributed by atoms with van der Waals surface area (Å²) in [6, 6.07) is 14.5. The van der Waals surface area contributed by atoms with E-state index in [2.05, 4.69) is 47.6 Å². The zero-order valence-electron chi connectivity index (χ0n) is 17.0. The van der Waals surface area contributed by atoms with E-state index < -0.39 is 17.4 Å². The van der Waals surface area contributed by atoms with Crippen LogP contribution in [0.25, 0.3) is 34.0 Å². The Labute approximate surface area is 213 Å². The van der Waals surface area contributed by atoms with Crippen LogP contribution in [0.4, 0.5) is 0 Å². The normalized spacial score (nSPS) is 13.7. The molecule has 1 aliphatic heterocycles. The highest BCUT2D eigenvalue weighted by molar-refractivity contribution is 9.11. The number of carbonyl (C=O) groups excluding carboxylic acids is 2. The maximum absolute atomic E-state index is 13.0. The van der Waals surface area contributed by atoms with Crippen LogP contribution in [-0.2, 0) is 9.59 Å². The number of benzene rings is 2. The monoisotopic (exact) mass is 598 g/mol. The number of para-hydroxylation sites is 1. The van der Waals surface area contributed by atoms with Crippen LogP contribution < -0.4 is 16.3 Å². The third kappa shape index (κ3) is 4.13. The van der Waals surface area contributed by atoms with Gasteiger partial charge in [0, 0.05) is 21.6 Å². The van der Waals surface area contributed by atoms with E-state index in [1.54, 1.807) is 23.0 Å². The predicted octanol–water partition coefficient (Wildman–Crippen LogP) is 4.09. The van der Waals surface area contributed by atoms with Gasteiger partial charge in [-0.05, 0) is 64.6 Å². The van der Waals surface area contributed by atoms with E-state index in [0.717, 1.165) is 10.2 Å². The van der Waals surface area contributed by atoms with Gasteiger partial charge >= 0.3 is 5.63 Å². The van der Waals surface area contributed by atoms with Gasteiger partial charge in [-0.1, -0.05) is 34.1 Å². The Bertz CT molecular complexity index is 1590. The summed E-state index contributed by atoms with van der Waals surface area (Å²) >= 11 is 11.7. The minimum atomic E-state index is -0.648. The second-order valence-corrected chi connectivity index (χ2v) is 9.44. The summed E-state index contributed by atoms with van der Waals surface area (Å²) in [4.78, 5) is 37.8. The van der Waals surface area contributed by atoms with Gasteiger partial charge in [-0.2, -0.15) is 5.10 Å². The van der Waals surface area contributed by atoms with Gasteiger partial charge in [-0.15, -0.1) is 0 Å². The quantitative estimate of drug-likeness (QED) is 0.159. The summed E-state index contributed by atoms with van der Waals surface area (Å²) in [5.41, 5.74) is 1.12. The van der Waals surface area contributed by atoms with Crippen LogP contribution >= 0.6 is 44.1 Å². The number of hydrogen-bond acceptors (Lipinski definition) is 6. The standard InChI is InChI=1S/C23H12Br2N4O4S/c24-13-6-11-7-15(22(32)33-19(11)17(25)9-13)18-12(8-16-20(30)26-23(34)27-21(16)31)10-29(28-18)14-4-2-1-3-5-14/h1-10H,(H2,26,27,30,31,34). The lowest BCUT2D eigenvalue weighted by atomic mass is 10.0. The van der Waals surface area contributed by atoms with E-state index >= 15 is 0 Å². The number of thiocarbonyl (C=S) groups is 1. The fraction of sp³-hybridized carbons (Fsp3) is 0. The summed E-state index contributed by atoms with van der Waals surface area (Å²) in [6.45, 7) is 0. The molecule has 5 rings (SSSR count). The van der Waals surface area contributed by atoms with Gasteiger partial charge in [0.2, 0.25) is 0 Å². The fourth-order valence-corrected chi connectivity index (χ4v) is 5.02. The Balaban J connectivity index is 1.74. The molecule has 0 saturated carbocycles. The van der Waals surface area contributed by atoms with E-state index in [9.17, 15) is 14.4 Å². The topological polar surface area (TPSA) is 106 Å². The van der Waals surface area contributed by atoms with Crippen LogP contribution in [0.1, 0.15) is 5.56 Å². The molecule has 0 bridgehead atoms. The molecule has 34 heavy (non-hydrogen) atoms. The lowest BCUT2D eigenvalue weighted by Gasteiger charge is -2.16. The first-order chi connectivity index (χ1) is 16.3. The molecule has 0 radical (unpaired) electrons. The van der Waals surface area contributed by atoms with E-state index in [0.29, 0.717) is 21.0 Å². The Kier molecular flexibility index (Phi) is 5.76. The average molecular weight is 600 g/mol. The number of amides is 2. The number of nitrogens with zero attached hydrogens (tertiary/aromatic N) is 2. The number of nitrogens with one attached hydrogen (secondary N) is 2. The van der Waals surface area contributed by atoms with E-state index in [-0.39, 0.29) is 21.9 Å². The second kappa shape index (κ2) is 8.75. The van der Waals surface area contributed by atoms with Crippen molar-refractivity contribution >= 4 is 78.0 Å². The first kappa shape index (κ1) is 22.4. The van der Waals surface area contributed by atoms with Gasteiger partial charge in [0.25, 0.3) is 11.8 Å². The molecule has 2 amide bonds. The zero-order chi connectivity index (χ0) is 24.0. The molecular weight excluding hydrogens is 588 g/mol. The smallest absolute Gasteiger partial charge is 0.345 e. The molecule has 0 atom stereocenters. The second-order valence-electron chi connectivity index (χ2n) is 7.26. The molecule has 0 aliphatic carbocycles. The van der Waals surface area contributed by atoms with Gasteiger partial charge in [0.05, 0.1) is 15.7 Å². The van der Waals surface area contributed by atoms with Crippen molar-refractivity contribution in [1.29, 1.82) is 0 Å². The lowest BCUT2D eigenvalue weighted by Crippen LogP contribution is -2.51. The minimum absolute atomic E-state index is 0.0707. The number of fused-ring (bicyclic) bond motifs is 1. The van der Waals surface area contributed by atoms with Gasteiger partial charge in [-0.3, -0.25) is 20.2 Å². The first-order valence-electron chi connectivity index (χ1n) is 9.77. The fourth-order valence-electron chi connectivity index (χ4n) is 3.50. The molecule has 1 aliphatic rings. The lowest BCUT2D eigenvalue weighted by molar-refractivity contribution is -0.123. The molecule has 8 nitrogen and oxygen atoms in total. The van der Waals surface area contributed by atoms with Crippen LogP contribution in [0.15, 0.2) is 78.5 Å². The van der Waals surface area contributed by atoms with Crippen molar-refractivity contribution in [3.63, 3.8) is 0 Å². The maximum atomic E-state index is 13.0. The van der Waals surface area contributed by atoms with Crippen LogP contribution in [-0.4, -0.2) is 26.7 Å². The minimum Gasteiger partial charge on any atom is -0.421 e. The van der Waals surface area contributed by atoms with Crippen LogP contribution in [0, 0.1) is 0 Å². The molecule has 4 aromatic rings. The first-order valence-corrected chi connectivity index (χ1v) is 11.8. The molecule has 168 valence electrons. The number of hydrogen-bond donors (Lipinski definition) is 2. The van der Waals surface area contributed by atoms with Crippen molar-refractivity contribution in [3.05, 3.63) is 85.2 Å². The Morgan fingerprint density at radius 3 is 2.41 bits per heavy atom. The van der Waals surface area contributed by atoms with Gasteiger partial charge in [-0.25, -0.2) is 9.48 Å². The van der Waals surface area contributed by atoms with E-state index in [1.807, 2.05) is 36.4 Å². The summed E-state index contributed by atoms with van der Waals surface area (Å²) in [5.74, 6) is -1.30. The summed E-state index contributed by atoms with van der Waals surface area (Å²) in [7, 11) is 0. The molecule has 3 heterocycles. The Hall–Kier alpha value is -3.41. The summed E-state index contributed by atoms with van der Waals surface area (Å²) in [6.07, 6.45) is 3.00. The van der Waals surface area contributed by atoms with Crippen molar-refractivity contribution in [2.45, 2.75) is 0 Å². The highest BCUT2D eigenvalue weighted by atomic mass is 79.9. The number of rotatable bonds is 3. The predicted molar refractivity (Wildman–Crippen MR) is 137 cm³/mol. The third-order valence-electron chi connectivity index (χ3n) is 5.01. The number of aromatic nitrogens is 2. The largest absolute Gasteiger partial charge is 0.421 e. The van der Waals surface area contributed by atoms with Crippen molar-refractivity contribution in [1.82, 2.24) is 20.4 Å². The van der Waals surface area contributed by atoms with Crippen LogP contribution in [0.3, 0.4) is 0 Å². The molecule has 11 heteroatoms. The van der Waals surface area contributed by atoms with Crippen LogP contribution in [0.5, 0.6) is 0 Å². The number of carbonyl (C=O) groups is 2. The number of halogens is 2. The molecule has 0 unspecified atom stereocenters. The van der Waals surface area contributed by atoms with Crippen molar-refractivity contribution in [3.8, 4) is 16.9 Å². The van der Waals surface area contributed by atoms with Crippen molar-refractivity contribution < 1.29 is 14.0 Å². The summed E-state index contributed by atoms with van der Waals surface area (Å²) < 4.78 is 8.54. The van der Waals surface area contributed by atoms with E-state index in [1.165, 1.54) is 6.08 Å². The Morgan fingerprint density at radius 2 is 1.71 bits per heavy atom. The molecule has 2 N–H and O–H groups in total. The maximum Gasteiger partial charge on any atom is 0.345 e. The molecule has 1 saturated heterocycles. The Morgan fingerprint density at radius 1 is 1.00 bits per heavy atom. The van der Waals surface area contributed by atoms with Crippen molar-refractivity contribution in [2.24, 2.45) is 0 Å². The van der Waals surface area contributed by atoms with Crippen molar-refractivity contribution in [2.75, 3.05) is 0 Å². The summed E-state index contributed by atoms with van der Waals surface area (Å²) in [5, 5.41) is 9.98. The van der Waals surface area contributed by atoms with Gasteiger partial charge < -0.3 is 4.42 Å². The molecular formula is C23H12Br2N4O4S. The SMILES string of the molecule is O=C1NC(=S)NC(=O)C1=Cc1cn(-c2ccccc2)nc1-c1cc2cc(Br)cc(Br)c2oc1=O. The molecule has 2 aromatic carbocycles. The third-order valence-corrected chi connectivity index (χ3v) is 6.26. The van der Waals surface area contributed by atoms with Gasteiger partial charge in [0.1, 0.15) is 11.3 Å². The highest BCUT2D eigenvalue weighted by Crippen LogP contribution is 2.31. The molecule has 2 aromatic heterocycles.